The van der Waals surface area contributed by atoms with E-state index in [2.05, 4.69) is 6.92 Å². The Hall–Kier alpha value is -1.03. The van der Waals surface area contributed by atoms with Crippen LogP contribution in [0.4, 0.5) is 13.2 Å². The van der Waals surface area contributed by atoms with Crippen LogP contribution < -0.4 is 0 Å². The molecule has 0 bridgehead atoms. The average Bonchev–Trinajstić information content (AvgIpc) is 2.53. The summed E-state index contributed by atoms with van der Waals surface area (Å²) in [5.41, 5.74) is -0.0772. The van der Waals surface area contributed by atoms with Gasteiger partial charge in [-0.2, -0.15) is 13.2 Å². The number of alkyl halides is 3. The van der Waals surface area contributed by atoms with E-state index < -0.39 is 17.3 Å². The molecule has 0 aliphatic rings. The van der Waals surface area contributed by atoms with Crippen molar-refractivity contribution in [1.29, 1.82) is 0 Å². The highest BCUT2D eigenvalue weighted by Gasteiger charge is 2.33. The second-order valence-corrected chi connectivity index (χ2v) is 7.04. The van der Waals surface area contributed by atoms with Crippen molar-refractivity contribution in [3.8, 4) is 0 Å². The van der Waals surface area contributed by atoms with Crippen LogP contribution in [0.1, 0.15) is 82.8 Å². The zero-order chi connectivity index (χ0) is 18.2. The van der Waals surface area contributed by atoms with Gasteiger partial charge in [-0.3, -0.25) is 0 Å². The Morgan fingerprint density at radius 2 is 1.46 bits per heavy atom. The van der Waals surface area contributed by atoms with Crippen molar-refractivity contribution in [2.24, 2.45) is 0 Å². The van der Waals surface area contributed by atoms with Gasteiger partial charge in [-0.1, -0.05) is 57.6 Å². The van der Waals surface area contributed by atoms with Crippen LogP contribution in [0.15, 0.2) is 24.3 Å². The van der Waals surface area contributed by atoms with Crippen LogP contribution in [0.3, 0.4) is 0 Å². The number of ether oxygens (including phenoxy) is 1. The maximum atomic E-state index is 12.7. The zero-order valence-corrected chi connectivity index (χ0v) is 15.4. The lowest BCUT2D eigenvalue weighted by Crippen LogP contribution is -2.31. The molecule has 0 N–H and O–H groups in total. The van der Waals surface area contributed by atoms with E-state index in [1.54, 1.807) is 19.2 Å². The molecule has 0 saturated heterocycles. The molecule has 4 heteroatoms. The number of hydrogen-bond donors (Lipinski definition) is 0. The Kier molecular flexibility index (Phi) is 8.28. The smallest absolute Gasteiger partial charge is 0.378 e. The van der Waals surface area contributed by atoms with Gasteiger partial charge in [0.05, 0.1) is 11.2 Å². The Bertz CT molecular complexity index is 463. The molecule has 0 aliphatic carbocycles. The van der Waals surface area contributed by atoms with Gasteiger partial charge in [-0.25, -0.2) is 0 Å². The topological polar surface area (TPSA) is 9.23 Å². The number of halogens is 3. The fourth-order valence-corrected chi connectivity index (χ4v) is 3.09. The SMILES string of the molecule is CCCCCCCCC(c1ccc(C(F)(F)F)cc1)C(C)(C)OC. The van der Waals surface area contributed by atoms with Crippen molar-refractivity contribution in [1.82, 2.24) is 0 Å². The molecule has 1 atom stereocenters. The predicted octanol–water partition coefficient (Wildman–Crippen LogP) is 6.96. The first-order chi connectivity index (χ1) is 11.2. The van der Waals surface area contributed by atoms with Gasteiger partial charge in [0.1, 0.15) is 0 Å². The van der Waals surface area contributed by atoms with Gasteiger partial charge in [-0.15, -0.1) is 0 Å². The first-order valence-corrected chi connectivity index (χ1v) is 8.94. The third-order valence-electron chi connectivity index (χ3n) is 4.85. The fraction of sp³-hybridized carbons (Fsp3) is 0.700. The Balaban J connectivity index is 2.76. The molecule has 0 heterocycles. The zero-order valence-electron chi connectivity index (χ0n) is 15.4. The van der Waals surface area contributed by atoms with Gasteiger partial charge < -0.3 is 4.74 Å². The van der Waals surface area contributed by atoms with Crippen LogP contribution in [-0.4, -0.2) is 12.7 Å². The summed E-state index contributed by atoms with van der Waals surface area (Å²) in [5.74, 6) is 0.0935. The molecular formula is C20H31F3O. The Morgan fingerprint density at radius 3 is 1.96 bits per heavy atom. The quantitative estimate of drug-likeness (QED) is 0.417. The minimum absolute atomic E-state index is 0.0935. The maximum absolute atomic E-state index is 12.7. The third-order valence-corrected chi connectivity index (χ3v) is 4.85. The van der Waals surface area contributed by atoms with Crippen LogP contribution >= 0.6 is 0 Å². The number of hydrogen-bond acceptors (Lipinski definition) is 1. The van der Waals surface area contributed by atoms with E-state index in [1.807, 2.05) is 13.8 Å². The molecule has 1 rings (SSSR count). The molecule has 0 fully saturated rings. The summed E-state index contributed by atoms with van der Waals surface area (Å²) in [6.07, 6.45) is 3.86. The van der Waals surface area contributed by atoms with Gasteiger partial charge in [-0.05, 0) is 38.0 Å². The van der Waals surface area contributed by atoms with Gasteiger partial charge in [0.25, 0.3) is 0 Å². The molecule has 138 valence electrons. The first kappa shape index (κ1) is 21.0. The van der Waals surface area contributed by atoms with E-state index in [4.69, 9.17) is 4.74 Å². The fourth-order valence-electron chi connectivity index (χ4n) is 3.09. The molecule has 0 aromatic heterocycles. The highest BCUT2D eigenvalue weighted by atomic mass is 19.4. The van der Waals surface area contributed by atoms with Crippen molar-refractivity contribution in [2.75, 3.05) is 7.11 Å². The van der Waals surface area contributed by atoms with Crippen LogP contribution in [0, 0.1) is 0 Å². The normalized spacial score (nSPS) is 14.0. The van der Waals surface area contributed by atoms with Crippen molar-refractivity contribution in [3.05, 3.63) is 35.4 Å². The summed E-state index contributed by atoms with van der Waals surface area (Å²) in [6.45, 7) is 6.21. The lowest BCUT2D eigenvalue weighted by atomic mass is 9.80. The minimum Gasteiger partial charge on any atom is -0.378 e. The maximum Gasteiger partial charge on any atom is 0.416 e. The van der Waals surface area contributed by atoms with Gasteiger partial charge >= 0.3 is 6.18 Å². The van der Waals surface area contributed by atoms with E-state index >= 15 is 0 Å². The number of benzene rings is 1. The summed E-state index contributed by atoms with van der Waals surface area (Å²) in [6, 6.07) is 5.56. The largest absolute Gasteiger partial charge is 0.416 e. The van der Waals surface area contributed by atoms with Gasteiger partial charge in [0, 0.05) is 13.0 Å². The van der Waals surface area contributed by atoms with E-state index in [0.29, 0.717) is 0 Å². The Morgan fingerprint density at radius 1 is 0.917 bits per heavy atom. The molecule has 1 aromatic rings. The number of rotatable bonds is 10. The lowest BCUT2D eigenvalue weighted by molar-refractivity contribution is -0.137. The molecule has 0 radical (unpaired) electrons. The second kappa shape index (κ2) is 9.45. The molecule has 0 spiro atoms. The minimum atomic E-state index is -4.29. The number of unbranched alkanes of at least 4 members (excludes halogenated alkanes) is 5. The van der Waals surface area contributed by atoms with Crippen molar-refractivity contribution in [3.63, 3.8) is 0 Å². The van der Waals surface area contributed by atoms with E-state index in [0.717, 1.165) is 24.8 Å². The number of methoxy groups -OCH3 is 1. The van der Waals surface area contributed by atoms with Crippen LogP contribution in [0.25, 0.3) is 0 Å². The lowest BCUT2D eigenvalue weighted by Gasteiger charge is -2.34. The summed E-state index contributed by atoms with van der Waals surface area (Å²) >= 11 is 0. The highest BCUT2D eigenvalue weighted by Crippen LogP contribution is 2.37. The van der Waals surface area contributed by atoms with E-state index in [1.165, 1.54) is 37.8 Å². The van der Waals surface area contributed by atoms with Gasteiger partial charge in [0.15, 0.2) is 0 Å². The Labute approximate surface area is 144 Å². The van der Waals surface area contributed by atoms with Crippen LogP contribution in [0.5, 0.6) is 0 Å². The molecule has 0 amide bonds. The molecule has 24 heavy (non-hydrogen) atoms. The van der Waals surface area contributed by atoms with Crippen molar-refractivity contribution in [2.45, 2.75) is 83.4 Å². The second-order valence-electron chi connectivity index (χ2n) is 7.04. The van der Waals surface area contributed by atoms with Crippen LogP contribution in [-0.2, 0) is 10.9 Å². The van der Waals surface area contributed by atoms with Gasteiger partial charge in [0.2, 0.25) is 0 Å². The van der Waals surface area contributed by atoms with Crippen molar-refractivity contribution >= 4 is 0 Å². The monoisotopic (exact) mass is 344 g/mol. The van der Waals surface area contributed by atoms with Crippen molar-refractivity contribution < 1.29 is 17.9 Å². The molecule has 1 aromatic carbocycles. The van der Waals surface area contributed by atoms with Crippen LogP contribution in [0.2, 0.25) is 0 Å². The first-order valence-electron chi connectivity index (χ1n) is 8.94. The summed E-state index contributed by atoms with van der Waals surface area (Å²) < 4.78 is 43.9. The highest BCUT2D eigenvalue weighted by molar-refractivity contribution is 5.28. The predicted molar refractivity (Wildman–Crippen MR) is 93.3 cm³/mol. The molecular weight excluding hydrogens is 313 g/mol. The summed E-state index contributed by atoms with van der Waals surface area (Å²) in [4.78, 5) is 0. The summed E-state index contributed by atoms with van der Waals surface area (Å²) in [7, 11) is 1.67. The molecule has 0 aliphatic heterocycles. The average molecular weight is 344 g/mol. The molecule has 1 unspecified atom stereocenters. The standard InChI is InChI=1S/C20H31F3O/c1-5-6-7-8-9-10-11-18(19(2,3)24-4)16-12-14-17(15-13-16)20(21,22)23/h12-15,18H,5-11H2,1-4H3. The molecule has 1 nitrogen and oxygen atoms in total. The third kappa shape index (κ3) is 6.46. The summed E-state index contributed by atoms with van der Waals surface area (Å²) in [5, 5.41) is 0. The van der Waals surface area contributed by atoms with E-state index in [-0.39, 0.29) is 5.92 Å². The molecule has 0 saturated carbocycles. The van der Waals surface area contributed by atoms with E-state index in [9.17, 15) is 13.2 Å².